The third kappa shape index (κ3) is 3.21. The van der Waals surface area contributed by atoms with Gasteiger partial charge in [0.05, 0.1) is 6.04 Å². The number of amides is 1. The van der Waals surface area contributed by atoms with Gasteiger partial charge in [-0.15, -0.1) is 0 Å². The molecule has 2 atom stereocenters. The van der Waals surface area contributed by atoms with Gasteiger partial charge in [0.15, 0.2) is 0 Å². The molecule has 2 fully saturated rings. The minimum absolute atomic E-state index is 0.102. The van der Waals surface area contributed by atoms with Crippen molar-refractivity contribution in [2.45, 2.75) is 70.4 Å². The third-order valence-electron chi connectivity index (χ3n) is 4.24. The molecule has 0 aliphatic carbocycles. The van der Waals surface area contributed by atoms with E-state index in [0.717, 1.165) is 25.9 Å². The summed E-state index contributed by atoms with van der Waals surface area (Å²) < 4.78 is 0. The van der Waals surface area contributed by atoms with E-state index < -0.39 is 0 Å². The van der Waals surface area contributed by atoms with Crippen molar-refractivity contribution in [3.8, 4) is 0 Å². The summed E-state index contributed by atoms with van der Waals surface area (Å²) in [4.78, 5) is 14.7. The molecule has 3 nitrogen and oxygen atoms in total. The number of rotatable bonds is 2. The molecular weight excluding hydrogens is 212 g/mol. The van der Waals surface area contributed by atoms with E-state index in [1.54, 1.807) is 0 Å². The molecule has 17 heavy (non-hydrogen) atoms. The maximum atomic E-state index is 12.5. The zero-order chi connectivity index (χ0) is 12.1. The van der Waals surface area contributed by atoms with E-state index in [1.165, 1.54) is 38.5 Å². The zero-order valence-corrected chi connectivity index (χ0v) is 11.1. The third-order valence-corrected chi connectivity index (χ3v) is 4.24. The number of carbonyl (C=O) groups is 1. The van der Waals surface area contributed by atoms with Gasteiger partial charge in [-0.05, 0) is 45.1 Å². The molecule has 1 N–H and O–H groups in total. The van der Waals surface area contributed by atoms with Crippen LogP contribution in [0.25, 0.3) is 0 Å². The molecule has 0 radical (unpaired) electrons. The van der Waals surface area contributed by atoms with E-state index in [4.69, 9.17) is 0 Å². The van der Waals surface area contributed by atoms with Crippen LogP contribution in [0.15, 0.2) is 0 Å². The minimum Gasteiger partial charge on any atom is -0.338 e. The molecule has 2 heterocycles. The number of hydrogen-bond donors (Lipinski definition) is 1. The predicted octanol–water partition coefficient (Wildman–Crippen LogP) is 2.31. The van der Waals surface area contributed by atoms with Crippen LogP contribution in [0.1, 0.15) is 58.3 Å². The van der Waals surface area contributed by atoms with Crippen LogP contribution in [0.4, 0.5) is 0 Å². The molecule has 2 unspecified atom stereocenters. The highest BCUT2D eigenvalue weighted by molar-refractivity contribution is 5.82. The zero-order valence-electron chi connectivity index (χ0n) is 11.1. The second kappa shape index (κ2) is 6.39. The molecule has 2 aliphatic heterocycles. The van der Waals surface area contributed by atoms with Gasteiger partial charge in [-0.1, -0.05) is 19.8 Å². The van der Waals surface area contributed by atoms with Crippen LogP contribution in [0.2, 0.25) is 0 Å². The first-order chi connectivity index (χ1) is 8.33. The van der Waals surface area contributed by atoms with E-state index in [2.05, 4.69) is 17.1 Å². The standard InChI is InChI=1S/C14H26N2O/c1-2-12-8-5-7-11-16(12)14(17)13-9-4-3-6-10-15-13/h12-13,15H,2-11H2,1H3. The second-order valence-electron chi connectivity index (χ2n) is 5.45. The summed E-state index contributed by atoms with van der Waals surface area (Å²) in [6, 6.07) is 0.603. The molecule has 0 aromatic heterocycles. The summed E-state index contributed by atoms with van der Waals surface area (Å²) in [5.41, 5.74) is 0. The van der Waals surface area contributed by atoms with E-state index >= 15 is 0 Å². The second-order valence-corrected chi connectivity index (χ2v) is 5.45. The first-order valence-electron chi connectivity index (χ1n) is 7.36. The van der Waals surface area contributed by atoms with Crippen molar-refractivity contribution >= 4 is 5.91 Å². The maximum absolute atomic E-state index is 12.5. The van der Waals surface area contributed by atoms with Crippen molar-refractivity contribution in [1.29, 1.82) is 0 Å². The van der Waals surface area contributed by atoms with Gasteiger partial charge in [-0.25, -0.2) is 0 Å². The van der Waals surface area contributed by atoms with Gasteiger partial charge >= 0.3 is 0 Å². The van der Waals surface area contributed by atoms with Gasteiger partial charge in [0, 0.05) is 12.6 Å². The van der Waals surface area contributed by atoms with Crippen molar-refractivity contribution in [2.75, 3.05) is 13.1 Å². The molecule has 2 saturated heterocycles. The van der Waals surface area contributed by atoms with Gasteiger partial charge < -0.3 is 10.2 Å². The van der Waals surface area contributed by atoms with E-state index in [0.29, 0.717) is 11.9 Å². The molecule has 0 aromatic rings. The average molecular weight is 238 g/mol. The van der Waals surface area contributed by atoms with Crippen LogP contribution in [-0.4, -0.2) is 36.0 Å². The van der Waals surface area contributed by atoms with Gasteiger partial charge in [0.2, 0.25) is 5.91 Å². The Bertz CT molecular complexity index is 247. The Morgan fingerprint density at radius 1 is 1.18 bits per heavy atom. The van der Waals surface area contributed by atoms with Crippen LogP contribution < -0.4 is 5.32 Å². The van der Waals surface area contributed by atoms with Gasteiger partial charge in [0.1, 0.15) is 0 Å². The average Bonchev–Trinajstić information content (AvgIpc) is 2.66. The van der Waals surface area contributed by atoms with E-state index in [1.807, 2.05) is 0 Å². The van der Waals surface area contributed by atoms with Crippen LogP contribution in [0, 0.1) is 0 Å². The summed E-state index contributed by atoms with van der Waals surface area (Å²) in [7, 11) is 0. The molecule has 0 spiro atoms. The highest BCUT2D eigenvalue weighted by atomic mass is 16.2. The quantitative estimate of drug-likeness (QED) is 0.800. The lowest BCUT2D eigenvalue weighted by atomic mass is 9.98. The SMILES string of the molecule is CCC1CCCCN1C(=O)C1CCCCCN1. The lowest BCUT2D eigenvalue weighted by Gasteiger charge is -2.37. The first kappa shape index (κ1) is 12.9. The number of carbonyl (C=O) groups excluding carboxylic acids is 1. The summed E-state index contributed by atoms with van der Waals surface area (Å²) in [6.07, 6.45) is 9.53. The molecule has 2 aliphatic rings. The van der Waals surface area contributed by atoms with Gasteiger partial charge in [-0.3, -0.25) is 4.79 Å². The molecule has 0 saturated carbocycles. The number of likely N-dealkylation sites (tertiary alicyclic amines) is 1. The Morgan fingerprint density at radius 3 is 2.82 bits per heavy atom. The fourth-order valence-electron chi connectivity index (χ4n) is 3.15. The normalized spacial score (nSPS) is 31.0. The van der Waals surface area contributed by atoms with Gasteiger partial charge in [-0.2, -0.15) is 0 Å². The van der Waals surface area contributed by atoms with E-state index in [9.17, 15) is 4.79 Å². The smallest absolute Gasteiger partial charge is 0.239 e. The Kier molecular flexibility index (Phi) is 4.84. The monoisotopic (exact) mass is 238 g/mol. The molecule has 1 amide bonds. The highest BCUT2D eigenvalue weighted by Crippen LogP contribution is 2.21. The van der Waals surface area contributed by atoms with E-state index in [-0.39, 0.29) is 6.04 Å². The van der Waals surface area contributed by atoms with Crippen LogP contribution in [0.5, 0.6) is 0 Å². The van der Waals surface area contributed by atoms with Crippen molar-refractivity contribution in [3.05, 3.63) is 0 Å². The Morgan fingerprint density at radius 2 is 2.00 bits per heavy atom. The van der Waals surface area contributed by atoms with Crippen molar-refractivity contribution in [3.63, 3.8) is 0 Å². The first-order valence-corrected chi connectivity index (χ1v) is 7.36. The predicted molar refractivity (Wildman–Crippen MR) is 69.9 cm³/mol. The van der Waals surface area contributed by atoms with Crippen molar-refractivity contribution in [2.24, 2.45) is 0 Å². The Hall–Kier alpha value is -0.570. The molecule has 2 rings (SSSR count). The van der Waals surface area contributed by atoms with Crippen molar-refractivity contribution in [1.82, 2.24) is 10.2 Å². The fourth-order valence-corrected chi connectivity index (χ4v) is 3.15. The fraction of sp³-hybridized carbons (Fsp3) is 0.929. The van der Waals surface area contributed by atoms with Gasteiger partial charge in [0.25, 0.3) is 0 Å². The summed E-state index contributed by atoms with van der Waals surface area (Å²) >= 11 is 0. The van der Waals surface area contributed by atoms with Crippen LogP contribution in [-0.2, 0) is 4.79 Å². The van der Waals surface area contributed by atoms with Crippen LogP contribution >= 0.6 is 0 Å². The molecule has 3 heteroatoms. The number of hydrogen-bond acceptors (Lipinski definition) is 2. The highest BCUT2D eigenvalue weighted by Gasteiger charge is 2.30. The minimum atomic E-state index is 0.102. The lowest BCUT2D eigenvalue weighted by molar-refractivity contribution is -0.137. The lowest BCUT2D eigenvalue weighted by Crippen LogP contribution is -2.51. The van der Waals surface area contributed by atoms with Crippen molar-refractivity contribution < 1.29 is 4.79 Å². The Labute approximate surface area is 105 Å². The Balaban J connectivity index is 1.96. The summed E-state index contributed by atoms with van der Waals surface area (Å²) in [5, 5.41) is 3.43. The molecular formula is C14H26N2O. The summed E-state index contributed by atoms with van der Waals surface area (Å²) in [6.45, 7) is 4.20. The molecule has 98 valence electrons. The topological polar surface area (TPSA) is 32.3 Å². The molecule has 0 bridgehead atoms. The summed E-state index contributed by atoms with van der Waals surface area (Å²) in [5.74, 6) is 0.374. The maximum Gasteiger partial charge on any atom is 0.239 e. The van der Waals surface area contributed by atoms with Crippen LogP contribution in [0.3, 0.4) is 0 Å². The number of nitrogens with one attached hydrogen (secondary N) is 1. The molecule has 0 aromatic carbocycles. The number of nitrogens with zero attached hydrogens (tertiary/aromatic N) is 1. The number of piperidine rings is 1. The largest absolute Gasteiger partial charge is 0.338 e.